The fraction of sp³-hybridized carbons (Fsp3) is 0. The van der Waals surface area contributed by atoms with E-state index in [1.807, 2.05) is 29.6 Å². The summed E-state index contributed by atoms with van der Waals surface area (Å²) in [6, 6.07) is 10.9. The number of aromatic nitrogens is 2. The monoisotopic (exact) mass is 271 g/mol. The van der Waals surface area contributed by atoms with Crippen LogP contribution in [-0.4, -0.2) is 16.1 Å². The Balaban J connectivity index is 1.82. The van der Waals surface area contributed by atoms with Gasteiger partial charge < -0.3 is 9.73 Å². The zero-order valence-electron chi connectivity index (χ0n) is 9.74. The minimum absolute atomic E-state index is 0.127. The molecule has 19 heavy (non-hydrogen) atoms. The third-order valence-electron chi connectivity index (χ3n) is 2.47. The van der Waals surface area contributed by atoms with Gasteiger partial charge in [-0.05, 0) is 29.6 Å². The number of anilines is 1. The number of carbonyl (C=O) groups excluding carboxylic acids is 1. The van der Waals surface area contributed by atoms with Gasteiger partial charge in [0.15, 0.2) is 0 Å². The Bertz CT molecular complexity index is 678. The number of hydrogen-bond donors (Lipinski definition) is 1. The summed E-state index contributed by atoms with van der Waals surface area (Å²) in [4.78, 5) is 12.6. The summed E-state index contributed by atoms with van der Waals surface area (Å²) in [7, 11) is 0. The van der Waals surface area contributed by atoms with Crippen molar-refractivity contribution in [2.75, 3.05) is 5.32 Å². The van der Waals surface area contributed by atoms with Crippen LogP contribution in [0.4, 0.5) is 5.69 Å². The summed E-state index contributed by atoms with van der Waals surface area (Å²) in [5.74, 6) is 0.296. The molecule has 0 atom stereocenters. The van der Waals surface area contributed by atoms with Crippen molar-refractivity contribution in [3.05, 3.63) is 53.0 Å². The van der Waals surface area contributed by atoms with Crippen molar-refractivity contribution < 1.29 is 9.21 Å². The van der Waals surface area contributed by atoms with Gasteiger partial charge in [0.25, 0.3) is 5.91 Å². The molecule has 1 amide bonds. The SMILES string of the molecule is O=C(Nc1cccc(-c2nnco2)c1)c1cccs1. The van der Waals surface area contributed by atoms with Gasteiger partial charge in [0.05, 0.1) is 4.88 Å². The topological polar surface area (TPSA) is 68.0 Å². The Labute approximate surface area is 112 Å². The standard InChI is InChI=1S/C13H9N3O2S/c17-12(11-5-2-6-19-11)15-10-4-1-3-9(7-10)13-16-14-8-18-13/h1-8H,(H,15,17). The average molecular weight is 271 g/mol. The van der Waals surface area contributed by atoms with E-state index in [0.717, 1.165) is 5.56 Å². The third-order valence-corrected chi connectivity index (χ3v) is 3.34. The van der Waals surface area contributed by atoms with Gasteiger partial charge in [-0.2, -0.15) is 0 Å². The molecule has 0 fully saturated rings. The highest BCUT2D eigenvalue weighted by molar-refractivity contribution is 7.12. The molecule has 0 spiro atoms. The number of thiophene rings is 1. The van der Waals surface area contributed by atoms with Crippen LogP contribution in [0.3, 0.4) is 0 Å². The van der Waals surface area contributed by atoms with Gasteiger partial charge >= 0.3 is 0 Å². The highest BCUT2D eigenvalue weighted by Gasteiger charge is 2.08. The summed E-state index contributed by atoms with van der Waals surface area (Å²) < 4.78 is 5.12. The Hall–Kier alpha value is -2.47. The molecule has 0 saturated heterocycles. The van der Waals surface area contributed by atoms with Crippen LogP contribution < -0.4 is 5.32 Å². The lowest BCUT2D eigenvalue weighted by molar-refractivity contribution is 0.103. The average Bonchev–Trinajstić information content (AvgIpc) is 3.13. The Morgan fingerprint density at radius 3 is 2.95 bits per heavy atom. The molecule has 0 aliphatic rings. The molecule has 6 heteroatoms. The van der Waals surface area contributed by atoms with Crippen LogP contribution in [0, 0.1) is 0 Å². The van der Waals surface area contributed by atoms with E-state index in [1.165, 1.54) is 17.7 Å². The predicted molar refractivity (Wildman–Crippen MR) is 72.0 cm³/mol. The number of carbonyl (C=O) groups is 1. The lowest BCUT2D eigenvalue weighted by Gasteiger charge is -2.04. The van der Waals surface area contributed by atoms with Crippen molar-refractivity contribution in [1.29, 1.82) is 0 Å². The fourth-order valence-corrected chi connectivity index (χ4v) is 2.25. The molecule has 0 aliphatic carbocycles. The van der Waals surface area contributed by atoms with Crippen LogP contribution in [0.15, 0.2) is 52.6 Å². The quantitative estimate of drug-likeness (QED) is 0.795. The van der Waals surface area contributed by atoms with E-state index in [4.69, 9.17) is 4.42 Å². The van der Waals surface area contributed by atoms with E-state index in [9.17, 15) is 4.79 Å². The van der Waals surface area contributed by atoms with Crippen molar-refractivity contribution in [2.24, 2.45) is 0 Å². The van der Waals surface area contributed by atoms with E-state index in [0.29, 0.717) is 16.5 Å². The van der Waals surface area contributed by atoms with Gasteiger partial charge in [0.2, 0.25) is 12.3 Å². The van der Waals surface area contributed by atoms with E-state index < -0.39 is 0 Å². The first-order chi connectivity index (χ1) is 9.33. The molecule has 1 aromatic carbocycles. The van der Waals surface area contributed by atoms with E-state index in [1.54, 1.807) is 12.1 Å². The second-order valence-electron chi connectivity index (χ2n) is 3.76. The van der Waals surface area contributed by atoms with Gasteiger partial charge in [-0.25, -0.2) is 0 Å². The molecule has 1 N–H and O–H groups in total. The second kappa shape index (κ2) is 5.03. The zero-order valence-corrected chi connectivity index (χ0v) is 10.6. The minimum atomic E-state index is -0.127. The van der Waals surface area contributed by atoms with Crippen LogP contribution in [0.1, 0.15) is 9.67 Å². The maximum absolute atomic E-state index is 11.9. The molecule has 0 unspecified atom stereocenters. The number of hydrogen-bond acceptors (Lipinski definition) is 5. The van der Waals surface area contributed by atoms with Gasteiger partial charge in [-0.1, -0.05) is 12.1 Å². The molecule has 94 valence electrons. The maximum Gasteiger partial charge on any atom is 0.265 e. The molecule has 3 rings (SSSR count). The highest BCUT2D eigenvalue weighted by Crippen LogP contribution is 2.21. The highest BCUT2D eigenvalue weighted by atomic mass is 32.1. The van der Waals surface area contributed by atoms with Gasteiger partial charge in [0.1, 0.15) is 0 Å². The first kappa shape index (κ1) is 11.6. The summed E-state index contributed by atoms with van der Waals surface area (Å²) in [6.45, 7) is 0. The van der Waals surface area contributed by atoms with Crippen molar-refractivity contribution in [3.63, 3.8) is 0 Å². The summed E-state index contributed by atoms with van der Waals surface area (Å²) in [6.07, 6.45) is 1.27. The Morgan fingerprint density at radius 1 is 1.26 bits per heavy atom. The van der Waals surface area contributed by atoms with Crippen molar-refractivity contribution in [2.45, 2.75) is 0 Å². The van der Waals surface area contributed by atoms with Crippen molar-refractivity contribution in [3.8, 4) is 11.5 Å². The zero-order chi connectivity index (χ0) is 13.1. The summed E-state index contributed by atoms with van der Waals surface area (Å²) in [5.41, 5.74) is 1.45. The van der Waals surface area contributed by atoms with Crippen LogP contribution in [-0.2, 0) is 0 Å². The first-order valence-corrected chi connectivity index (χ1v) is 6.42. The molecule has 0 bridgehead atoms. The van der Waals surface area contributed by atoms with Gasteiger partial charge in [-0.3, -0.25) is 4.79 Å². The Kier molecular flexibility index (Phi) is 3.07. The van der Waals surface area contributed by atoms with Crippen LogP contribution in [0.2, 0.25) is 0 Å². The molecule has 0 aliphatic heterocycles. The number of nitrogens with one attached hydrogen (secondary N) is 1. The van der Waals surface area contributed by atoms with E-state index in [-0.39, 0.29) is 5.91 Å². The fourth-order valence-electron chi connectivity index (χ4n) is 1.63. The number of rotatable bonds is 3. The minimum Gasteiger partial charge on any atom is -0.423 e. The van der Waals surface area contributed by atoms with Crippen LogP contribution >= 0.6 is 11.3 Å². The smallest absolute Gasteiger partial charge is 0.265 e. The summed E-state index contributed by atoms with van der Waals surface area (Å²) in [5, 5.41) is 12.1. The van der Waals surface area contributed by atoms with Crippen molar-refractivity contribution in [1.82, 2.24) is 10.2 Å². The molecule has 2 aromatic heterocycles. The second-order valence-corrected chi connectivity index (χ2v) is 4.70. The predicted octanol–water partition coefficient (Wildman–Crippen LogP) is 3.05. The van der Waals surface area contributed by atoms with E-state index >= 15 is 0 Å². The third kappa shape index (κ3) is 2.53. The molecule has 0 radical (unpaired) electrons. The number of benzene rings is 1. The normalized spacial score (nSPS) is 10.3. The van der Waals surface area contributed by atoms with Gasteiger partial charge in [-0.15, -0.1) is 21.5 Å². The van der Waals surface area contributed by atoms with Gasteiger partial charge in [0, 0.05) is 11.3 Å². The molecular formula is C13H9N3O2S. The molecule has 5 nitrogen and oxygen atoms in total. The number of nitrogens with zero attached hydrogens (tertiary/aromatic N) is 2. The lowest BCUT2D eigenvalue weighted by Crippen LogP contribution is -2.09. The molecule has 0 saturated carbocycles. The van der Waals surface area contributed by atoms with Crippen molar-refractivity contribution >= 4 is 22.9 Å². The lowest BCUT2D eigenvalue weighted by atomic mass is 10.2. The van der Waals surface area contributed by atoms with Crippen LogP contribution in [0.5, 0.6) is 0 Å². The number of amides is 1. The molecular weight excluding hydrogens is 262 g/mol. The maximum atomic E-state index is 11.9. The van der Waals surface area contributed by atoms with Crippen LogP contribution in [0.25, 0.3) is 11.5 Å². The largest absolute Gasteiger partial charge is 0.423 e. The summed E-state index contributed by atoms with van der Waals surface area (Å²) >= 11 is 1.40. The molecule has 2 heterocycles. The van der Waals surface area contributed by atoms with E-state index in [2.05, 4.69) is 15.5 Å². The Morgan fingerprint density at radius 2 is 2.21 bits per heavy atom. The molecule has 3 aromatic rings. The first-order valence-electron chi connectivity index (χ1n) is 5.54.